The molecular weight excluding hydrogens is 489 g/mol. The summed E-state index contributed by atoms with van der Waals surface area (Å²) >= 11 is 0. The number of ether oxygens (including phenoxy) is 2. The zero-order valence-corrected chi connectivity index (χ0v) is 20.6. The number of rotatable bonds is 8. The fraction of sp³-hybridized carbons (Fsp3) is 0.185. The van der Waals surface area contributed by atoms with Crippen LogP contribution in [0.2, 0.25) is 0 Å². The van der Waals surface area contributed by atoms with Crippen molar-refractivity contribution in [1.82, 2.24) is 15.0 Å². The van der Waals surface area contributed by atoms with E-state index in [2.05, 4.69) is 30.8 Å². The number of aryl methyl sites for hydroxylation is 1. The van der Waals surface area contributed by atoms with Gasteiger partial charge in [0.2, 0.25) is 5.95 Å². The fourth-order valence-electron chi connectivity index (χ4n) is 3.80. The number of nitrogens with one attached hydrogen (secondary N) is 2. The van der Waals surface area contributed by atoms with Crippen LogP contribution in [0, 0.1) is 12.7 Å². The number of hydrogen-bond acceptors (Lipinski definition) is 10. The van der Waals surface area contributed by atoms with E-state index >= 15 is 0 Å². The molecule has 3 N–H and O–H groups in total. The van der Waals surface area contributed by atoms with E-state index in [1.54, 1.807) is 30.5 Å². The standard InChI is InChI=1S/C27H26FN7O3/c1-18-13-19(7-8-25(18)38-23-4-2-3-22(36)14-23)32-21-6-5-20(29-15-21)16-31-34-27-30-17-24(28)26(33-27)35-9-11-37-12-10-35/h2-8,13-17,32,36H,9-12H2,1H3,(H,30,33,34)/b31-16+. The molecule has 11 heteroatoms. The van der Waals surface area contributed by atoms with E-state index < -0.39 is 5.82 Å². The van der Waals surface area contributed by atoms with Crippen molar-refractivity contribution in [2.24, 2.45) is 5.10 Å². The number of aromatic hydroxyl groups is 1. The van der Waals surface area contributed by atoms with Crippen LogP contribution in [0.3, 0.4) is 0 Å². The van der Waals surface area contributed by atoms with Crippen molar-refractivity contribution in [3.8, 4) is 17.2 Å². The molecule has 0 saturated carbocycles. The minimum absolute atomic E-state index is 0.150. The van der Waals surface area contributed by atoms with Gasteiger partial charge in [0.05, 0.1) is 43.2 Å². The minimum Gasteiger partial charge on any atom is -0.508 e. The molecule has 3 heterocycles. The highest BCUT2D eigenvalue weighted by Gasteiger charge is 2.17. The van der Waals surface area contributed by atoms with Gasteiger partial charge in [0.25, 0.3) is 0 Å². The van der Waals surface area contributed by atoms with E-state index in [1.165, 1.54) is 6.21 Å². The largest absolute Gasteiger partial charge is 0.508 e. The Kier molecular flexibility index (Phi) is 7.55. The summed E-state index contributed by atoms with van der Waals surface area (Å²) in [5, 5.41) is 17.1. The number of phenolic OH excluding ortho intramolecular Hbond substituents is 1. The van der Waals surface area contributed by atoms with Gasteiger partial charge in [-0.1, -0.05) is 6.07 Å². The number of hydrazone groups is 1. The summed E-state index contributed by atoms with van der Waals surface area (Å²) in [6, 6.07) is 16.1. The molecule has 2 aromatic carbocycles. The molecule has 0 spiro atoms. The van der Waals surface area contributed by atoms with Crippen LogP contribution in [-0.4, -0.2) is 52.6 Å². The van der Waals surface area contributed by atoms with Crippen LogP contribution in [0.4, 0.5) is 27.5 Å². The molecule has 1 saturated heterocycles. The van der Waals surface area contributed by atoms with Crippen LogP contribution in [0.15, 0.2) is 72.1 Å². The van der Waals surface area contributed by atoms with E-state index in [0.717, 1.165) is 23.1 Å². The number of hydrogen-bond donors (Lipinski definition) is 3. The number of phenols is 1. The lowest BCUT2D eigenvalue weighted by atomic mass is 10.2. The van der Waals surface area contributed by atoms with Gasteiger partial charge in [0, 0.05) is 24.8 Å². The average Bonchev–Trinajstić information content (AvgIpc) is 2.93. The van der Waals surface area contributed by atoms with Gasteiger partial charge in [0.1, 0.15) is 17.2 Å². The molecule has 0 unspecified atom stereocenters. The third kappa shape index (κ3) is 6.31. The highest BCUT2D eigenvalue weighted by molar-refractivity contribution is 5.78. The first kappa shape index (κ1) is 24.9. The zero-order chi connectivity index (χ0) is 26.3. The predicted octanol–water partition coefficient (Wildman–Crippen LogP) is 4.84. The Bertz CT molecular complexity index is 1430. The highest BCUT2D eigenvalue weighted by atomic mass is 19.1. The second-order valence-electron chi connectivity index (χ2n) is 8.51. The number of aromatic nitrogens is 3. The lowest BCUT2D eigenvalue weighted by Crippen LogP contribution is -2.37. The van der Waals surface area contributed by atoms with Crippen molar-refractivity contribution < 1.29 is 19.0 Å². The summed E-state index contributed by atoms with van der Waals surface area (Å²) in [7, 11) is 0. The molecule has 0 atom stereocenters. The first-order chi connectivity index (χ1) is 18.5. The predicted molar refractivity (Wildman–Crippen MR) is 143 cm³/mol. The lowest BCUT2D eigenvalue weighted by molar-refractivity contribution is 0.122. The molecular formula is C27H26FN7O3. The molecule has 1 fully saturated rings. The monoisotopic (exact) mass is 515 g/mol. The van der Waals surface area contributed by atoms with Gasteiger partial charge in [-0.3, -0.25) is 4.98 Å². The van der Waals surface area contributed by atoms with Gasteiger partial charge in [-0.15, -0.1) is 0 Å². The van der Waals surface area contributed by atoms with Crippen LogP contribution in [0.5, 0.6) is 17.2 Å². The van der Waals surface area contributed by atoms with E-state index in [9.17, 15) is 9.50 Å². The fourth-order valence-corrected chi connectivity index (χ4v) is 3.80. The maximum absolute atomic E-state index is 14.2. The second kappa shape index (κ2) is 11.5. The Labute approximate surface area is 218 Å². The molecule has 0 bridgehead atoms. The van der Waals surface area contributed by atoms with Crippen molar-refractivity contribution in [3.63, 3.8) is 0 Å². The van der Waals surface area contributed by atoms with Crippen molar-refractivity contribution in [2.45, 2.75) is 6.92 Å². The van der Waals surface area contributed by atoms with E-state index in [-0.39, 0.29) is 17.5 Å². The smallest absolute Gasteiger partial charge is 0.245 e. The number of nitrogens with zero attached hydrogens (tertiary/aromatic N) is 5. The normalized spacial score (nSPS) is 13.5. The van der Waals surface area contributed by atoms with E-state index in [1.807, 2.05) is 42.2 Å². The molecule has 2 aromatic heterocycles. The molecule has 38 heavy (non-hydrogen) atoms. The Hall–Kier alpha value is -4.77. The van der Waals surface area contributed by atoms with Gasteiger partial charge in [-0.05, 0) is 55.0 Å². The van der Waals surface area contributed by atoms with Gasteiger partial charge in [-0.2, -0.15) is 10.1 Å². The molecule has 1 aliphatic rings. The van der Waals surface area contributed by atoms with Crippen molar-refractivity contribution in [1.29, 1.82) is 0 Å². The average molecular weight is 516 g/mol. The molecule has 194 valence electrons. The van der Waals surface area contributed by atoms with Crippen LogP contribution < -0.4 is 20.4 Å². The van der Waals surface area contributed by atoms with Crippen molar-refractivity contribution >= 4 is 29.4 Å². The summed E-state index contributed by atoms with van der Waals surface area (Å²) < 4.78 is 25.4. The molecule has 0 amide bonds. The van der Waals surface area contributed by atoms with E-state index in [4.69, 9.17) is 9.47 Å². The Morgan fingerprint density at radius 2 is 1.89 bits per heavy atom. The zero-order valence-electron chi connectivity index (χ0n) is 20.6. The SMILES string of the molecule is Cc1cc(Nc2ccc(/C=N/Nc3ncc(F)c(N4CCOCC4)n3)nc2)ccc1Oc1cccc(O)c1. The van der Waals surface area contributed by atoms with E-state index in [0.29, 0.717) is 43.5 Å². The number of pyridine rings is 1. The van der Waals surface area contributed by atoms with Crippen molar-refractivity contribution in [3.05, 3.63) is 84.1 Å². The van der Waals surface area contributed by atoms with Gasteiger partial charge in [0.15, 0.2) is 11.6 Å². The molecule has 0 radical (unpaired) electrons. The van der Waals surface area contributed by atoms with Crippen LogP contribution >= 0.6 is 0 Å². The minimum atomic E-state index is -0.486. The molecule has 4 aromatic rings. The topological polar surface area (TPSA) is 117 Å². The third-order valence-electron chi connectivity index (χ3n) is 5.69. The summed E-state index contributed by atoms with van der Waals surface area (Å²) in [6.07, 6.45) is 4.35. The highest BCUT2D eigenvalue weighted by Crippen LogP contribution is 2.30. The van der Waals surface area contributed by atoms with Gasteiger partial charge in [-0.25, -0.2) is 14.8 Å². The first-order valence-corrected chi connectivity index (χ1v) is 12.0. The first-order valence-electron chi connectivity index (χ1n) is 12.0. The Morgan fingerprint density at radius 1 is 1.05 bits per heavy atom. The van der Waals surface area contributed by atoms with Crippen molar-refractivity contribution in [2.75, 3.05) is 41.9 Å². The molecule has 10 nitrogen and oxygen atoms in total. The van der Waals surface area contributed by atoms with Gasteiger partial charge >= 0.3 is 0 Å². The molecule has 5 rings (SSSR count). The molecule has 1 aliphatic heterocycles. The number of anilines is 4. The quantitative estimate of drug-likeness (QED) is 0.224. The number of halogens is 1. The molecule has 0 aliphatic carbocycles. The van der Waals surface area contributed by atoms with Crippen LogP contribution in [-0.2, 0) is 4.74 Å². The van der Waals surface area contributed by atoms with Crippen LogP contribution in [0.1, 0.15) is 11.3 Å². The summed E-state index contributed by atoms with van der Waals surface area (Å²) in [6.45, 7) is 4.14. The second-order valence-corrected chi connectivity index (χ2v) is 8.51. The lowest BCUT2D eigenvalue weighted by Gasteiger charge is -2.27. The maximum atomic E-state index is 14.2. The van der Waals surface area contributed by atoms with Crippen LogP contribution in [0.25, 0.3) is 0 Å². The Morgan fingerprint density at radius 3 is 2.66 bits per heavy atom. The van der Waals surface area contributed by atoms with Gasteiger partial charge < -0.3 is 24.8 Å². The summed E-state index contributed by atoms with van der Waals surface area (Å²) in [4.78, 5) is 14.4. The maximum Gasteiger partial charge on any atom is 0.245 e. The number of benzene rings is 2. The summed E-state index contributed by atoms with van der Waals surface area (Å²) in [5.74, 6) is 1.34. The number of morpholine rings is 1. The summed E-state index contributed by atoms with van der Waals surface area (Å²) in [5.41, 5.74) is 5.95. The third-order valence-corrected chi connectivity index (χ3v) is 5.69. The Balaban J connectivity index is 1.17.